The molecule has 4 aromatic rings. The van der Waals surface area contributed by atoms with Crippen LogP contribution in [-0.2, 0) is 17.5 Å². The van der Waals surface area contributed by atoms with Gasteiger partial charge in [-0.2, -0.15) is 18.2 Å². The first-order valence-electron chi connectivity index (χ1n) is 14.0. The number of ether oxygens (including phenoxy) is 1. The number of aromatic nitrogens is 4. The summed E-state index contributed by atoms with van der Waals surface area (Å²) in [7, 11) is 0. The van der Waals surface area contributed by atoms with Crippen LogP contribution in [0, 0.1) is 5.92 Å². The second kappa shape index (κ2) is 11.2. The Morgan fingerprint density at radius 3 is 2.48 bits per heavy atom. The highest BCUT2D eigenvalue weighted by Crippen LogP contribution is 2.36. The summed E-state index contributed by atoms with van der Waals surface area (Å²) in [6.45, 7) is 3.57. The topological polar surface area (TPSA) is 105 Å². The standard InChI is InChI=1S/C30H31F3N6O3/c1-18(20-8-5-9-20)34-25-24-26(36-27(35-25)28(40)41)37-29(38-14-15-42-17-23(38)21-6-3-2-4-7-21)39(24)16-19-10-12-22(13-11-19)30(31,32)33/h2-4,6-7,10-13,18,20,23H,5,8-9,14-17H2,1H3,(H,40,41)(H,34,35,36). The van der Waals surface area contributed by atoms with Crippen molar-refractivity contribution >= 4 is 28.9 Å². The lowest BCUT2D eigenvalue weighted by atomic mass is 9.80. The molecule has 0 spiro atoms. The molecule has 0 amide bonds. The molecular weight excluding hydrogens is 549 g/mol. The van der Waals surface area contributed by atoms with Gasteiger partial charge in [0.2, 0.25) is 11.8 Å². The Balaban J connectivity index is 1.51. The molecule has 2 fully saturated rings. The van der Waals surface area contributed by atoms with E-state index in [0.29, 0.717) is 48.5 Å². The van der Waals surface area contributed by atoms with Crippen molar-refractivity contribution in [2.45, 2.75) is 51.0 Å². The van der Waals surface area contributed by atoms with Crippen LogP contribution < -0.4 is 10.2 Å². The molecule has 2 aliphatic rings. The van der Waals surface area contributed by atoms with E-state index >= 15 is 0 Å². The lowest BCUT2D eigenvalue weighted by Gasteiger charge is -2.37. The number of imidazole rings is 1. The average molecular weight is 581 g/mol. The number of anilines is 2. The number of hydrogen-bond acceptors (Lipinski definition) is 7. The first kappa shape index (κ1) is 28.0. The van der Waals surface area contributed by atoms with Crippen molar-refractivity contribution in [3.8, 4) is 0 Å². The van der Waals surface area contributed by atoms with Crippen molar-refractivity contribution in [1.82, 2.24) is 19.5 Å². The van der Waals surface area contributed by atoms with Gasteiger partial charge in [0.15, 0.2) is 11.5 Å². The molecule has 2 unspecified atom stereocenters. The first-order chi connectivity index (χ1) is 20.2. The second-order valence-corrected chi connectivity index (χ2v) is 10.9. The highest BCUT2D eigenvalue weighted by molar-refractivity contribution is 5.92. The summed E-state index contributed by atoms with van der Waals surface area (Å²) >= 11 is 0. The Labute approximate surface area is 240 Å². The molecule has 0 bridgehead atoms. The molecule has 1 aliphatic carbocycles. The van der Waals surface area contributed by atoms with Crippen LogP contribution in [0.3, 0.4) is 0 Å². The maximum atomic E-state index is 13.3. The Bertz CT molecular complexity index is 1570. The summed E-state index contributed by atoms with van der Waals surface area (Å²) in [6.07, 6.45) is -1.17. The number of benzene rings is 2. The maximum Gasteiger partial charge on any atom is 0.416 e. The van der Waals surface area contributed by atoms with E-state index in [9.17, 15) is 23.1 Å². The Kier molecular flexibility index (Phi) is 7.48. The monoisotopic (exact) mass is 580 g/mol. The van der Waals surface area contributed by atoms with Gasteiger partial charge < -0.3 is 24.6 Å². The molecule has 220 valence electrons. The van der Waals surface area contributed by atoms with Crippen molar-refractivity contribution < 1.29 is 27.8 Å². The van der Waals surface area contributed by atoms with Gasteiger partial charge in [-0.25, -0.2) is 14.8 Å². The molecule has 1 saturated carbocycles. The molecule has 9 nitrogen and oxygen atoms in total. The Hall–Kier alpha value is -4.19. The predicted octanol–water partition coefficient (Wildman–Crippen LogP) is 5.77. The molecular formula is C30H31F3N6O3. The van der Waals surface area contributed by atoms with Crippen molar-refractivity contribution in [2.75, 3.05) is 30.0 Å². The van der Waals surface area contributed by atoms with Crippen LogP contribution in [0.25, 0.3) is 11.2 Å². The zero-order valence-electron chi connectivity index (χ0n) is 23.0. The van der Waals surface area contributed by atoms with Crippen molar-refractivity contribution in [2.24, 2.45) is 5.92 Å². The predicted molar refractivity (Wildman–Crippen MR) is 151 cm³/mol. The zero-order chi connectivity index (χ0) is 29.4. The van der Waals surface area contributed by atoms with E-state index in [0.717, 1.165) is 37.0 Å². The van der Waals surface area contributed by atoms with Gasteiger partial charge in [0, 0.05) is 12.6 Å². The highest BCUT2D eigenvalue weighted by Gasteiger charge is 2.33. The van der Waals surface area contributed by atoms with E-state index < -0.39 is 17.7 Å². The van der Waals surface area contributed by atoms with Gasteiger partial charge in [-0.1, -0.05) is 48.9 Å². The van der Waals surface area contributed by atoms with Gasteiger partial charge in [-0.05, 0) is 48.9 Å². The lowest BCUT2D eigenvalue weighted by molar-refractivity contribution is -0.137. The number of rotatable bonds is 8. The summed E-state index contributed by atoms with van der Waals surface area (Å²) in [5, 5.41) is 13.2. The third kappa shape index (κ3) is 5.50. The van der Waals surface area contributed by atoms with Crippen molar-refractivity contribution in [3.63, 3.8) is 0 Å². The maximum absolute atomic E-state index is 13.3. The molecule has 6 rings (SSSR count). The minimum absolute atomic E-state index is 0.0248. The third-order valence-electron chi connectivity index (χ3n) is 8.19. The molecule has 1 aliphatic heterocycles. The second-order valence-electron chi connectivity index (χ2n) is 10.9. The fourth-order valence-electron chi connectivity index (χ4n) is 5.64. The van der Waals surface area contributed by atoms with Crippen LogP contribution in [0.2, 0.25) is 0 Å². The van der Waals surface area contributed by atoms with Gasteiger partial charge in [0.05, 0.1) is 31.4 Å². The van der Waals surface area contributed by atoms with Gasteiger partial charge in [-0.15, -0.1) is 0 Å². The largest absolute Gasteiger partial charge is 0.475 e. The van der Waals surface area contributed by atoms with E-state index in [1.165, 1.54) is 12.1 Å². The first-order valence-corrected chi connectivity index (χ1v) is 14.0. The lowest BCUT2D eigenvalue weighted by Crippen LogP contribution is -2.41. The SMILES string of the molecule is CC(Nc1nc(C(=O)O)nc2nc(N3CCOCC3c3ccccc3)n(Cc3ccc(C(F)(F)F)cc3)c12)C1CCC1. The molecule has 12 heteroatoms. The number of carboxylic acids is 1. The molecule has 2 aromatic heterocycles. The third-order valence-corrected chi connectivity index (χ3v) is 8.19. The number of nitrogens with one attached hydrogen (secondary N) is 1. The number of carbonyl (C=O) groups is 1. The van der Waals surface area contributed by atoms with E-state index in [-0.39, 0.29) is 30.1 Å². The number of alkyl halides is 3. The number of morpholine rings is 1. The summed E-state index contributed by atoms with van der Waals surface area (Å²) < 4.78 is 47.6. The van der Waals surface area contributed by atoms with E-state index in [2.05, 4.69) is 20.2 Å². The summed E-state index contributed by atoms with van der Waals surface area (Å²) in [5.41, 5.74) is 1.60. The van der Waals surface area contributed by atoms with E-state index in [1.807, 2.05) is 41.8 Å². The van der Waals surface area contributed by atoms with E-state index in [1.54, 1.807) is 0 Å². The van der Waals surface area contributed by atoms with Crippen LogP contribution in [-0.4, -0.2) is 56.4 Å². The van der Waals surface area contributed by atoms with Gasteiger partial charge in [-0.3, -0.25) is 0 Å². The van der Waals surface area contributed by atoms with Crippen LogP contribution in [0.4, 0.5) is 24.9 Å². The minimum atomic E-state index is -4.45. The highest BCUT2D eigenvalue weighted by atomic mass is 19.4. The number of nitrogens with zero attached hydrogens (tertiary/aromatic N) is 5. The van der Waals surface area contributed by atoms with Gasteiger partial charge >= 0.3 is 12.1 Å². The number of hydrogen-bond donors (Lipinski definition) is 2. The Morgan fingerprint density at radius 2 is 1.83 bits per heavy atom. The molecule has 3 heterocycles. The fraction of sp³-hybridized carbons (Fsp3) is 0.400. The number of carboxylic acid groups (broad SMARTS) is 1. The van der Waals surface area contributed by atoms with Crippen LogP contribution in [0.5, 0.6) is 0 Å². The number of aromatic carboxylic acids is 1. The molecule has 1 saturated heterocycles. The summed E-state index contributed by atoms with van der Waals surface area (Å²) in [5.74, 6) is -0.372. The zero-order valence-corrected chi connectivity index (χ0v) is 23.0. The fourth-order valence-corrected chi connectivity index (χ4v) is 5.64. The molecule has 2 aromatic carbocycles. The normalized spacial score (nSPS) is 18.6. The van der Waals surface area contributed by atoms with Crippen LogP contribution >= 0.6 is 0 Å². The van der Waals surface area contributed by atoms with Gasteiger partial charge in [0.25, 0.3) is 0 Å². The Morgan fingerprint density at radius 1 is 1.10 bits per heavy atom. The van der Waals surface area contributed by atoms with E-state index in [4.69, 9.17) is 9.72 Å². The summed E-state index contributed by atoms with van der Waals surface area (Å²) in [4.78, 5) is 27.6. The molecule has 2 N–H and O–H groups in total. The average Bonchev–Trinajstić information content (AvgIpc) is 3.30. The van der Waals surface area contributed by atoms with Crippen LogP contribution in [0.15, 0.2) is 54.6 Å². The molecule has 42 heavy (non-hydrogen) atoms. The van der Waals surface area contributed by atoms with Crippen molar-refractivity contribution in [1.29, 1.82) is 0 Å². The number of halogens is 3. The quantitative estimate of drug-likeness (QED) is 0.271. The minimum Gasteiger partial charge on any atom is -0.475 e. The molecule has 2 atom stereocenters. The number of fused-ring (bicyclic) bond motifs is 1. The van der Waals surface area contributed by atoms with Crippen LogP contribution in [0.1, 0.15) is 59.5 Å². The van der Waals surface area contributed by atoms with Gasteiger partial charge in [0.1, 0.15) is 5.52 Å². The summed E-state index contributed by atoms with van der Waals surface area (Å²) in [6, 6.07) is 14.7. The molecule has 0 radical (unpaired) electrons. The van der Waals surface area contributed by atoms with Crippen molar-refractivity contribution in [3.05, 3.63) is 77.1 Å². The smallest absolute Gasteiger partial charge is 0.416 e.